The molecule has 0 saturated carbocycles. The fraction of sp³-hybridized carbons (Fsp3) is 0.778. The van der Waals surface area contributed by atoms with Crippen LogP contribution in [0.15, 0.2) is 0 Å². The summed E-state index contributed by atoms with van der Waals surface area (Å²) in [6.45, 7) is 4.49. The smallest absolute Gasteiger partial charge is 0.304 e. The van der Waals surface area contributed by atoms with Crippen LogP contribution in [0.5, 0.6) is 0 Å². The number of hydrogen-bond acceptors (Lipinski definition) is 3. The lowest BCUT2D eigenvalue weighted by Crippen LogP contribution is -2.26. The second-order valence-corrected chi connectivity index (χ2v) is 4.50. The minimum absolute atomic E-state index is 0.0140. The lowest BCUT2D eigenvalue weighted by atomic mass is 10.3. The van der Waals surface area contributed by atoms with Gasteiger partial charge in [0.15, 0.2) is 0 Å². The summed E-state index contributed by atoms with van der Waals surface area (Å²) in [6.07, 6.45) is 1.02. The Balaban J connectivity index is 3.50. The first-order valence-electron chi connectivity index (χ1n) is 4.66. The molecule has 0 spiro atoms. The average molecular weight is 219 g/mol. The molecule has 5 heteroatoms. The van der Waals surface area contributed by atoms with Crippen LogP contribution in [0.25, 0.3) is 0 Å². The van der Waals surface area contributed by atoms with Crippen molar-refractivity contribution in [3.8, 4) is 0 Å². The minimum Gasteiger partial charge on any atom is -0.481 e. The molecule has 0 aromatic carbocycles. The molecule has 0 fully saturated rings. The summed E-state index contributed by atoms with van der Waals surface area (Å²) >= 11 is 1.37. The molecular formula is C9H17NO3S. The van der Waals surface area contributed by atoms with Gasteiger partial charge in [-0.3, -0.25) is 9.59 Å². The molecule has 0 aliphatic heterocycles. The van der Waals surface area contributed by atoms with Gasteiger partial charge in [-0.05, 0) is 6.42 Å². The van der Waals surface area contributed by atoms with E-state index in [1.54, 1.807) is 0 Å². The predicted octanol–water partition coefficient (Wildman–Crippen LogP) is 1.11. The Morgan fingerprint density at radius 1 is 1.50 bits per heavy atom. The Kier molecular flexibility index (Phi) is 7.28. The molecule has 2 N–H and O–H groups in total. The molecule has 0 aliphatic rings. The molecule has 1 unspecified atom stereocenters. The van der Waals surface area contributed by atoms with Gasteiger partial charge in [-0.2, -0.15) is 0 Å². The Morgan fingerprint density at radius 3 is 2.64 bits per heavy atom. The molecule has 0 saturated heterocycles. The van der Waals surface area contributed by atoms with Crippen molar-refractivity contribution < 1.29 is 14.7 Å². The number of carbonyl (C=O) groups excluding carboxylic acids is 1. The van der Waals surface area contributed by atoms with E-state index in [2.05, 4.69) is 5.32 Å². The number of amides is 1. The third kappa shape index (κ3) is 7.91. The first-order chi connectivity index (χ1) is 6.56. The number of carbonyl (C=O) groups is 2. The van der Waals surface area contributed by atoms with E-state index in [0.717, 1.165) is 6.42 Å². The molecule has 4 nitrogen and oxygen atoms in total. The minimum atomic E-state index is -0.820. The summed E-state index contributed by atoms with van der Waals surface area (Å²) in [7, 11) is 0. The molecular weight excluding hydrogens is 202 g/mol. The van der Waals surface area contributed by atoms with E-state index in [9.17, 15) is 9.59 Å². The number of hydrogen-bond donors (Lipinski definition) is 2. The number of rotatable bonds is 7. The lowest BCUT2D eigenvalue weighted by molar-refractivity contribution is -0.136. The summed E-state index contributed by atoms with van der Waals surface area (Å²) in [5.74, 6) is -0.498. The topological polar surface area (TPSA) is 66.4 Å². The fourth-order valence-corrected chi connectivity index (χ4v) is 1.64. The second kappa shape index (κ2) is 7.67. The van der Waals surface area contributed by atoms with E-state index in [0.29, 0.717) is 12.3 Å². The van der Waals surface area contributed by atoms with Gasteiger partial charge in [0, 0.05) is 11.8 Å². The van der Waals surface area contributed by atoms with Crippen molar-refractivity contribution in [2.24, 2.45) is 0 Å². The zero-order valence-electron chi connectivity index (χ0n) is 8.58. The highest BCUT2D eigenvalue weighted by Gasteiger charge is 2.09. The van der Waals surface area contributed by atoms with Gasteiger partial charge >= 0.3 is 5.97 Å². The van der Waals surface area contributed by atoms with E-state index in [1.807, 2.05) is 13.8 Å². The molecule has 0 aromatic rings. The van der Waals surface area contributed by atoms with Crippen LogP contribution < -0.4 is 5.32 Å². The molecule has 82 valence electrons. The molecule has 0 bridgehead atoms. The van der Waals surface area contributed by atoms with Gasteiger partial charge in [-0.15, -0.1) is 11.8 Å². The molecule has 14 heavy (non-hydrogen) atoms. The Hall–Kier alpha value is -0.710. The van der Waals surface area contributed by atoms with Crippen LogP contribution in [0.1, 0.15) is 26.7 Å². The summed E-state index contributed by atoms with van der Waals surface area (Å²) in [5.41, 5.74) is 0. The van der Waals surface area contributed by atoms with Crippen molar-refractivity contribution in [1.29, 1.82) is 0 Å². The van der Waals surface area contributed by atoms with Crippen LogP contribution in [0.2, 0.25) is 0 Å². The van der Waals surface area contributed by atoms with Crippen molar-refractivity contribution in [2.75, 3.05) is 12.3 Å². The SMILES string of the molecule is CCCNC(=O)CSC(C)CC(=O)O. The van der Waals surface area contributed by atoms with E-state index >= 15 is 0 Å². The first kappa shape index (κ1) is 13.3. The highest BCUT2D eigenvalue weighted by Crippen LogP contribution is 2.13. The van der Waals surface area contributed by atoms with Crippen LogP contribution in [0, 0.1) is 0 Å². The van der Waals surface area contributed by atoms with Crippen LogP contribution in [-0.2, 0) is 9.59 Å². The third-order valence-electron chi connectivity index (χ3n) is 1.53. The summed E-state index contributed by atoms with van der Waals surface area (Å²) in [5, 5.41) is 11.2. The van der Waals surface area contributed by atoms with Gasteiger partial charge in [-0.1, -0.05) is 13.8 Å². The highest BCUT2D eigenvalue weighted by molar-refractivity contribution is 8.00. The van der Waals surface area contributed by atoms with Crippen molar-refractivity contribution in [3.05, 3.63) is 0 Å². The van der Waals surface area contributed by atoms with Gasteiger partial charge < -0.3 is 10.4 Å². The Morgan fingerprint density at radius 2 is 2.14 bits per heavy atom. The number of nitrogens with one attached hydrogen (secondary N) is 1. The highest BCUT2D eigenvalue weighted by atomic mass is 32.2. The van der Waals surface area contributed by atoms with Crippen molar-refractivity contribution >= 4 is 23.6 Å². The van der Waals surface area contributed by atoms with Crippen molar-refractivity contribution in [1.82, 2.24) is 5.32 Å². The van der Waals surface area contributed by atoms with Gasteiger partial charge in [0.05, 0.1) is 12.2 Å². The monoisotopic (exact) mass is 219 g/mol. The van der Waals surface area contributed by atoms with E-state index in [-0.39, 0.29) is 17.6 Å². The van der Waals surface area contributed by atoms with Crippen molar-refractivity contribution in [2.45, 2.75) is 31.9 Å². The molecule has 1 amide bonds. The molecule has 0 aliphatic carbocycles. The molecule has 0 rings (SSSR count). The number of aliphatic carboxylic acids is 1. The maximum Gasteiger partial charge on any atom is 0.304 e. The number of thioether (sulfide) groups is 1. The molecule has 0 aromatic heterocycles. The predicted molar refractivity (Wildman–Crippen MR) is 57.5 cm³/mol. The molecule has 0 radical (unpaired) electrons. The average Bonchev–Trinajstić information content (AvgIpc) is 2.10. The molecule has 0 heterocycles. The summed E-state index contributed by atoms with van der Waals surface area (Å²) in [4.78, 5) is 21.4. The van der Waals surface area contributed by atoms with Crippen molar-refractivity contribution in [3.63, 3.8) is 0 Å². The number of carboxylic acids is 1. The van der Waals surface area contributed by atoms with E-state index in [4.69, 9.17) is 5.11 Å². The van der Waals surface area contributed by atoms with E-state index < -0.39 is 5.97 Å². The van der Waals surface area contributed by atoms with Crippen LogP contribution in [0.4, 0.5) is 0 Å². The van der Waals surface area contributed by atoms with Crippen LogP contribution in [0.3, 0.4) is 0 Å². The quantitative estimate of drug-likeness (QED) is 0.673. The second-order valence-electron chi connectivity index (χ2n) is 3.07. The Bertz CT molecular complexity index is 196. The fourth-order valence-electron chi connectivity index (χ4n) is 0.838. The maximum atomic E-state index is 11.1. The summed E-state index contributed by atoms with van der Waals surface area (Å²) in [6, 6.07) is 0. The van der Waals surface area contributed by atoms with Crippen LogP contribution >= 0.6 is 11.8 Å². The largest absolute Gasteiger partial charge is 0.481 e. The van der Waals surface area contributed by atoms with Gasteiger partial charge in [-0.25, -0.2) is 0 Å². The zero-order chi connectivity index (χ0) is 11.0. The lowest BCUT2D eigenvalue weighted by Gasteiger charge is -2.08. The third-order valence-corrected chi connectivity index (χ3v) is 2.70. The summed E-state index contributed by atoms with van der Waals surface area (Å²) < 4.78 is 0. The van der Waals surface area contributed by atoms with Gasteiger partial charge in [0.25, 0.3) is 0 Å². The zero-order valence-corrected chi connectivity index (χ0v) is 9.39. The Labute approximate surface area is 88.4 Å². The molecule has 1 atom stereocenters. The number of carboxylic acid groups (broad SMARTS) is 1. The van der Waals surface area contributed by atoms with Gasteiger partial charge in [0.1, 0.15) is 0 Å². The van der Waals surface area contributed by atoms with Gasteiger partial charge in [0.2, 0.25) is 5.91 Å². The standard InChI is InChI=1S/C9H17NO3S/c1-3-4-10-8(11)6-14-7(2)5-9(12)13/h7H,3-6H2,1-2H3,(H,10,11)(H,12,13). The normalized spacial score (nSPS) is 12.1. The van der Waals surface area contributed by atoms with Crippen LogP contribution in [-0.4, -0.2) is 34.5 Å². The maximum absolute atomic E-state index is 11.1. The first-order valence-corrected chi connectivity index (χ1v) is 5.71. The van der Waals surface area contributed by atoms with E-state index in [1.165, 1.54) is 11.8 Å².